The molecule has 1 heterocycles. The van der Waals surface area contributed by atoms with Crippen LogP contribution in [-0.2, 0) is 0 Å². The second-order valence-electron chi connectivity index (χ2n) is 7.11. The summed E-state index contributed by atoms with van der Waals surface area (Å²) >= 11 is 0. The molecule has 1 aromatic carbocycles. The number of aromatic amines is 1. The van der Waals surface area contributed by atoms with E-state index in [0.29, 0.717) is 17.2 Å². The van der Waals surface area contributed by atoms with Gasteiger partial charge in [0, 0.05) is 17.3 Å². The first-order valence-electron chi connectivity index (χ1n) is 9.03. The number of H-pyrrole nitrogens is 1. The minimum absolute atomic E-state index is 0.00586. The third-order valence-corrected chi connectivity index (χ3v) is 5.35. The second-order valence-corrected chi connectivity index (χ2v) is 7.11. The molecular weight excluding hydrogens is 312 g/mol. The van der Waals surface area contributed by atoms with Gasteiger partial charge in [0.25, 0.3) is 5.91 Å². The fourth-order valence-corrected chi connectivity index (χ4v) is 4.06. The Morgan fingerprint density at radius 2 is 1.68 bits per heavy atom. The van der Waals surface area contributed by atoms with Gasteiger partial charge >= 0.3 is 0 Å². The molecule has 3 rings (SSSR count). The Kier molecular flexibility index (Phi) is 5.07. The van der Waals surface area contributed by atoms with Gasteiger partial charge in [0.1, 0.15) is 5.69 Å². The number of hydrogen-bond acceptors (Lipinski definition) is 2. The highest BCUT2D eigenvalue weighted by atomic mass is 16.2. The summed E-state index contributed by atoms with van der Waals surface area (Å²) in [7, 11) is 0. The Bertz CT molecular complexity index is 769. The first-order valence-corrected chi connectivity index (χ1v) is 9.03. The highest BCUT2D eigenvalue weighted by Crippen LogP contribution is 2.32. The molecule has 0 spiro atoms. The summed E-state index contributed by atoms with van der Waals surface area (Å²) in [5.41, 5.74) is 4.07. The highest BCUT2D eigenvalue weighted by molar-refractivity contribution is 6.02. The monoisotopic (exact) mass is 338 g/mol. The normalized spacial score (nSPS) is 20.3. The van der Waals surface area contributed by atoms with Crippen LogP contribution in [0.15, 0.2) is 30.3 Å². The minimum Gasteiger partial charge on any atom is -0.354 e. The molecule has 4 nitrogen and oxygen atoms in total. The molecule has 1 aromatic heterocycles. The summed E-state index contributed by atoms with van der Waals surface area (Å²) in [6, 6.07) is 10.8. The van der Waals surface area contributed by atoms with Crippen molar-refractivity contribution < 1.29 is 9.59 Å². The maximum atomic E-state index is 12.6. The van der Waals surface area contributed by atoms with Crippen molar-refractivity contribution in [2.75, 3.05) is 0 Å². The number of benzene rings is 1. The van der Waals surface area contributed by atoms with Crippen LogP contribution >= 0.6 is 0 Å². The standard InChI is InChI=1S/C21H26N2O2/c1-13-19(15(3)24)14(2)22-20(13)21(25)23-18-11-9-17(10-12-18)16-7-5-4-6-8-16/h4-8,17-18,22H,9-12H2,1-3H3,(H,23,25). The van der Waals surface area contributed by atoms with E-state index in [9.17, 15) is 9.59 Å². The van der Waals surface area contributed by atoms with E-state index >= 15 is 0 Å². The number of hydrogen-bond donors (Lipinski definition) is 2. The SMILES string of the molecule is CC(=O)c1c(C)[nH]c(C(=O)NC2CCC(c3ccccc3)CC2)c1C. The van der Waals surface area contributed by atoms with Crippen LogP contribution in [0.3, 0.4) is 0 Å². The van der Waals surface area contributed by atoms with Crippen molar-refractivity contribution >= 4 is 11.7 Å². The number of Topliss-reactive ketones (excluding diaryl/α,β-unsaturated/α-hetero) is 1. The Labute approximate surface area is 149 Å². The van der Waals surface area contributed by atoms with Gasteiger partial charge in [0.2, 0.25) is 0 Å². The lowest BCUT2D eigenvalue weighted by Crippen LogP contribution is -2.37. The number of amides is 1. The first kappa shape index (κ1) is 17.5. The van der Waals surface area contributed by atoms with Crippen molar-refractivity contribution in [1.29, 1.82) is 0 Å². The molecule has 1 fully saturated rings. The van der Waals surface area contributed by atoms with Gasteiger partial charge in [0.05, 0.1) is 0 Å². The fraction of sp³-hybridized carbons (Fsp3) is 0.429. The summed E-state index contributed by atoms with van der Waals surface area (Å²) in [6.45, 7) is 5.21. The maximum absolute atomic E-state index is 12.6. The molecule has 1 saturated carbocycles. The summed E-state index contributed by atoms with van der Waals surface area (Å²) < 4.78 is 0. The van der Waals surface area contributed by atoms with Crippen LogP contribution in [0.4, 0.5) is 0 Å². The van der Waals surface area contributed by atoms with Gasteiger partial charge in [-0.2, -0.15) is 0 Å². The Hall–Kier alpha value is -2.36. The van der Waals surface area contributed by atoms with Gasteiger partial charge in [0.15, 0.2) is 5.78 Å². The molecule has 0 aliphatic heterocycles. The lowest BCUT2D eigenvalue weighted by Gasteiger charge is -2.29. The van der Waals surface area contributed by atoms with E-state index in [4.69, 9.17) is 0 Å². The first-order chi connectivity index (χ1) is 12.0. The molecule has 25 heavy (non-hydrogen) atoms. The zero-order chi connectivity index (χ0) is 18.0. The predicted octanol–water partition coefficient (Wildman–Crippen LogP) is 4.29. The number of carbonyl (C=O) groups is 2. The zero-order valence-electron chi connectivity index (χ0n) is 15.2. The summed E-state index contributed by atoms with van der Waals surface area (Å²) in [5, 5.41) is 3.15. The summed E-state index contributed by atoms with van der Waals surface area (Å²) in [5.74, 6) is 0.484. The quantitative estimate of drug-likeness (QED) is 0.817. The van der Waals surface area contributed by atoms with Gasteiger partial charge in [-0.3, -0.25) is 9.59 Å². The highest BCUT2D eigenvalue weighted by Gasteiger charge is 2.26. The number of ketones is 1. The van der Waals surface area contributed by atoms with Gasteiger partial charge in [-0.15, -0.1) is 0 Å². The number of aryl methyl sites for hydroxylation is 1. The number of nitrogens with one attached hydrogen (secondary N) is 2. The third kappa shape index (κ3) is 3.68. The largest absolute Gasteiger partial charge is 0.354 e. The van der Waals surface area contributed by atoms with Crippen LogP contribution in [0.2, 0.25) is 0 Å². The number of rotatable bonds is 4. The van der Waals surface area contributed by atoms with Gasteiger partial charge < -0.3 is 10.3 Å². The average Bonchev–Trinajstić information content (AvgIpc) is 2.91. The molecule has 2 N–H and O–H groups in total. The van der Waals surface area contributed by atoms with Crippen LogP contribution in [0, 0.1) is 13.8 Å². The van der Waals surface area contributed by atoms with Crippen molar-refractivity contribution in [3.05, 3.63) is 58.4 Å². The van der Waals surface area contributed by atoms with Crippen molar-refractivity contribution in [3.8, 4) is 0 Å². The van der Waals surface area contributed by atoms with E-state index in [-0.39, 0.29) is 17.7 Å². The van der Waals surface area contributed by atoms with E-state index in [2.05, 4.69) is 34.6 Å². The second kappa shape index (κ2) is 7.26. The molecule has 0 radical (unpaired) electrons. The molecule has 1 aliphatic carbocycles. The minimum atomic E-state index is -0.101. The molecule has 1 aliphatic rings. The zero-order valence-corrected chi connectivity index (χ0v) is 15.2. The number of aromatic nitrogens is 1. The summed E-state index contributed by atoms with van der Waals surface area (Å²) in [4.78, 5) is 27.4. The smallest absolute Gasteiger partial charge is 0.268 e. The Balaban J connectivity index is 1.62. The van der Waals surface area contributed by atoms with E-state index in [1.807, 2.05) is 19.9 Å². The van der Waals surface area contributed by atoms with Crippen LogP contribution < -0.4 is 5.32 Å². The average molecular weight is 338 g/mol. The molecule has 1 amide bonds. The van der Waals surface area contributed by atoms with Gasteiger partial charge in [-0.05, 0) is 63.5 Å². The van der Waals surface area contributed by atoms with E-state index < -0.39 is 0 Å². The molecule has 4 heteroatoms. The molecule has 0 atom stereocenters. The fourth-order valence-electron chi connectivity index (χ4n) is 4.06. The topological polar surface area (TPSA) is 62.0 Å². The van der Waals surface area contributed by atoms with Gasteiger partial charge in [-0.1, -0.05) is 30.3 Å². The van der Waals surface area contributed by atoms with Crippen LogP contribution in [0.5, 0.6) is 0 Å². The van der Waals surface area contributed by atoms with Crippen molar-refractivity contribution in [3.63, 3.8) is 0 Å². The van der Waals surface area contributed by atoms with Crippen LogP contribution in [0.25, 0.3) is 0 Å². The third-order valence-electron chi connectivity index (χ3n) is 5.35. The molecule has 0 bridgehead atoms. The lowest BCUT2D eigenvalue weighted by molar-refractivity contribution is 0.0920. The lowest BCUT2D eigenvalue weighted by atomic mass is 9.82. The van der Waals surface area contributed by atoms with Crippen LogP contribution in [0.1, 0.15) is 76.2 Å². The molecule has 0 saturated heterocycles. The van der Waals surface area contributed by atoms with Crippen LogP contribution in [-0.4, -0.2) is 22.7 Å². The molecule has 132 valence electrons. The Morgan fingerprint density at radius 3 is 2.24 bits per heavy atom. The Morgan fingerprint density at radius 1 is 1.04 bits per heavy atom. The van der Waals surface area contributed by atoms with Gasteiger partial charge in [-0.25, -0.2) is 0 Å². The predicted molar refractivity (Wildman–Crippen MR) is 99.2 cm³/mol. The summed E-state index contributed by atoms with van der Waals surface area (Å²) in [6.07, 6.45) is 4.17. The van der Waals surface area contributed by atoms with E-state index in [0.717, 1.165) is 36.9 Å². The van der Waals surface area contributed by atoms with Crippen molar-refractivity contribution in [2.45, 2.75) is 58.4 Å². The molecule has 2 aromatic rings. The molecular formula is C21H26N2O2. The van der Waals surface area contributed by atoms with E-state index in [1.54, 1.807) is 0 Å². The van der Waals surface area contributed by atoms with Crippen molar-refractivity contribution in [1.82, 2.24) is 10.3 Å². The van der Waals surface area contributed by atoms with E-state index in [1.165, 1.54) is 12.5 Å². The molecule has 0 unspecified atom stereocenters. The van der Waals surface area contributed by atoms with Crippen molar-refractivity contribution in [2.24, 2.45) is 0 Å². The number of carbonyl (C=O) groups excluding carboxylic acids is 2. The maximum Gasteiger partial charge on any atom is 0.268 e.